The quantitative estimate of drug-likeness (QED) is 0.743. The van der Waals surface area contributed by atoms with E-state index in [0.29, 0.717) is 18.7 Å². The Labute approximate surface area is 87.1 Å². The molecule has 1 aliphatic rings. The Morgan fingerprint density at radius 3 is 2.43 bits per heavy atom. The second kappa shape index (κ2) is 5.69. The van der Waals surface area contributed by atoms with Crippen LogP contribution in [0.5, 0.6) is 0 Å². The van der Waals surface area contributed by atoms with Crippen LogP contribution < -0.4 is 0 Å². The molecular weight excluding hydrogens is 178 g/mol. The minimum Gasteiger partial charge on any atom is -0.389 e. The largest absolute Gasteiger partial charge is 0.389 e. The lowest BCUT2D eigenvalue weighted by atomic mass is 9.97. The summed E-state index contributed by atoms with van der Waals surface area (Å²) in [5.41, 5.74) is 0. The highest BCUT2D eigenvalue weighted by Crippen LogP contribution is 2.22. The van der Waals surface area contributed by atoms with Gasteiger partial charge in [0.25, 0.3) is 0 Å². The molecule has 0 aliphatic carbocycles. The van der Waals surface area contributed by atoms with Crippen LogP contribution in [0.1, 0.15) is 33.1 Å². The van der Waals surface area contributed by atoms with Crippen molar-refractivity contribution in [2.75, 3.05) is 20.3 Å². The number of methoxy groups -OCH3 is 1. The molecule has 0 spiro atoms. The van der Waals surface area contributed by atoms with Gasteiger partial charge in [-0.2, -0.15) is 0 Å². The lowest BCUT2D eigenvalue weighted by molar-refractivity contribution is 0.00396. The molecule has 0 amide bonds. The van der Waals surface area contributed by atoms with Crippen molar-refractivity contribution in [1.82, 2.24) is 4.90 Å². The molecule has 1 rings (SSSR count). The van der Waals surface area contributed by atoms with Crippen LogP contribution in [0.3, 0.4) is 0 Å². The number of aliphatic hydroxyl groups is 1. The lowest BCUT2D eigenvalue weighted by Gasteiger charge is -2.39. The molecule has 84 valence electrons. The lowest BCUT2D eigenvalue weighted by Crippen LogP contribution is -2.48. The predicted molar refractivity (Wildman–Crippen MR) is 57.4 cm³/mol. The van der Waals surface area contributed by atoms with E-state index in [1.807, 2.05) is 0 Å². The number of β-amino-alcohol motifs (C(OH)–C–C–N with tert-alkyl or cyclic N) is 1. The Hall–Kier alpha value is -0.120. The summed E-state index contributed by atoms with van der Waals surface area (Å²) < 4.78 is 4.94. The molecule has 0 aromatic carbocycles. The van der Waals surface area contributed by atoms with Crippen molar-refractivity contribution in [3.05, 3.63) is 0 Å². The first-order valence-corrected chi connectivity index (χ1v) is 5.58. The first-order valence-electron chi connectivity index (χ1n) is 5.58. The third-order valence-electron chi connectivity index (χ3n) is 3.16. The molecule has 3 nitrogen and oxygen atoms in total. The summed E-state index contributed by atoms with van der Waals surface area (Å²) >= 11 is 0. The van der Waals surface area contributed by atoms with Crippen LogP contribution in [-0.2, 0) is 4.74 Å². The third kappa shape index (κ3) is 3.23. The first-order chi connectivity index (χ1) is 6.65. The zero-order chi connectivity index (χ0) is 10.6. The molecule has 3 atom stereocenters. The van der Waals surface area contributed by atoms with E-state index in [1.165, 1.54) is 19.3 Å². The number of ether oxygens (including phenoxy) is 1. The minimum atomic E-state index is -0.344. The predicted octanol–water partition coefficient (Wildman–Crippen LogP) is 1.26. The fourth-order valence-electron chi connectivity index (χ4n) is 2.32. The van der Waals surface area contributed by atoms with Crippen molar-refractivity contribution in [2.45, 2.75) is 51.3 Å². The SMILES string of the molecule is COC[C@H](O)CN1C(C)CCCC1C. The highest BCUT2D eigenvalue weighted by atomic mass is 16.5. The summed E-state index contributed by atoms with van der Waals surface area (Å²) in [6.07, 6.45) is 3.48. The molecular formula is C11H23NO2. The van der Waals surface area contributed by atoms with Gasteiger partial charge in [-0.05, 0) is 26.7 Å². The van der Waals surface area contributed by atoms with E-state index in [-0.39, 0.29) is 6.10 Å². The number of piperidine rings is 1. The van der Waals surface area contributed by atoms with Crippen LogP contribution in [0.25, 0.3) is 0 Å². The fraction of sp³-hybridized carbons (Fsp3) is 1.00. The summed E-state index contributed by atoms with van der Waals surface area (Å²) in [7, 11) is 1.63. The molecule has 1 fully saturated rings. The molecule has 3 heteroatoms. The van der Waals surface area contributed by atoms with Crippen LogP contribution in [-0.4, -0.2) is 48.5 Å². The molecule has 1 N–H and O–H groups in total. The number of rotatable bonds is 4. The van der Waals surface area contributed by atoms with E-state index in [1.54, 1.807) is 7.11 Å². The number of hydrogen-bond donors (Lipinski definition) is 1. The standard InChI is InChI=1S/C11H23NO2/c1-9-5-4-6-10(2)12(9)7-11(13)8-14-3/h9-11,13H,4-8H2,1-3H3/t9?,10?,11-/m1/s1. The van der Waals surface area contributed by atoms with Gasteiger partial charge in [-0.3, -0.25) is 4.90 Å². The molecule has 0 radical (unpaired) electrons. The van der Waals surface area contributed by atoms with Gasteiger partial charge in [0.1, 0.15) is 0 Å². The summed E-state index contributed by atoms with van der Waals surface area (Å²) in [6.45, 7) is 5.68. The first kappa shape index (κ1) is 12.0. The molecule has 1 saturated heterocycles. The fourth-order valence-corrected chi connectivity index (χ4v) is 2.32. The van der Waals surface area contributed by atoms with Gasteiger partial charge in [0.15, 0.2) is 0 Å². The Bertz CT molecular complexity index is 153. The maximum absolute atomic E-state index is 9.67. The molecule has 1 heterocycles. The molecule has 0 aromatic heterocycles. The summed E-state index contributed by atoms with van der Waals surface area (Å²) in [6, 6.07) is 1.20. The van der Waals surface area contributed by atoms with Gasteiger partial charge in [-0.25, -0.2) is 0 Å². The monoisotopic (exact) mass is 201 g/mol. The van der Waals surface area contributed by atoms with Crippen molar-refractivity contribution in [3.8, 4) is 0 Å². The molecule has 0 saturated carbocycles. The average Bonchev–Trinajstić information content (AvgIpc) is 2.12. The van der Waals surface area contributed by atoms with Gasteiger partial charge in [-0.15, -0.1) is 0 Å². The topological polar surface area (TPSA) is 32.7 Å². The Balaban J connectivity index is 2.39. The van der Waals surface area contributed by atoms with Crippen LogP contribution >= 0.6 is 0 Å². The zero-order valence-electron chi connectivity index (χ0n) is 9.57. The van der Waals surface area contributed by atoms with E-state index >= 15 is 0 Å². The van der Waals surface area contributed by atoms with Crippen LogP contribution in [0, 0.1) is 0 Å². The van der Waals surface area contributed by atoms with Gasteiger partial charge in [0.05, 0.1) is 12.7 Å². The van der Waals surface area contributed by atoms with Crippen molar-refractivity contribution >= 4 is 0 Å². The Morgan fingerprint density at radius 2 is 1.93 bits per heavy atom. The van der Waals surface area contributed by atoms with Gasteiger partial charge in [0, 0.05) is 25.7 Å². The summed E-state index contributed by atoms with van der Waals surface area (Å²) in [4.78, 5) is 2.40. The number of likely N-dealkylation sites (tertiary alicyclic amines) is 1. The molecule has 14 heavy (non-hydrogen) atoms. The molecule has 1 aliphatic heterocycles. The normalized spacial score (nSPS) is 31.7. The minimum absolute atomic E-state index is 0.344. The highest BCUT2D eigenvalue weighted by molar-refractivity contribution is 4.81. The van der Waals surface area contributed by atoms with Gasteiger partial charge in [0.2, 0.25) is 0 Å². The zero-order valence-corrected chi connectivity index (χ0v) is 9.57. The van der Waals surface area contributed by atoms with E-state index in [4.69, 9.17) is 4.74 Å². The second-order valence-corrected chi connectivity index (χ2v) is 4.43. The Morgan fingerprint density at radius 1 is 1.36 bits per heavy atom. The molecule has 2 unspecified atom stereocenters. The second-order valence-electron chi connectivity index (χ2n) is 4.43. The van der Waals surface area contributed by atoms with E-state index < -0.39 is 0 Å². The van der Waals surface area contributed by atoms with E-state index in [9.17, 15) is 5.11 Å². The summed E-state index contributed by atoms with van der Waals surface area (Å²) in [5, 5.41) is 9.67. The number of nitrogens with zero attached hydrogens (tertiary/aromatic N) is 1. The van der Waals surface area contributed by atoms with Crippen molar-refractivity contribution in [2.24, 2.45) is 0 Å². The summed E-state index contributed by atoms with van der Waals surface area (Å²) in [5.74, 6) is 0. The number of aliphatic hydroxyl groups excluding tert-OH is 1. The van der Waals surface area contributed by atoms with Crippen molar-refractivity contribution < 1.29 is 9.84 Å². The third-order valence-corrected chi connectivity index (χ3v) is 3.16. The van der Waals surface area contributed by atoms with Crippen LogP contribution in [0.15, 0.2) is 0 Å². The Kier molecular flexibility index (Phi) is 4.85. The molecule has 0 bridgehead atoms. The average molecular weight is 201 g/mol. The maximum Gasteiger partial charge on any atom is 0.0900 e. The van der Waals surface area contributed by atoms with Gasteiger partial charge in [-0.1, -0.05) is 6.42 Å². The van der Waals surface area contributed by atoms with E-state index in [0.717, 1.165) is 6.54 Å². The molecule has 0 aromatic rings. The van der Waals surface area contributed by atoms with Crippen LogP contribution in [0.4, 0.5) is 0 Å². The van der Waals surface area contributed by atoms with Gasteiger partial charge >= 0.3 is 0 Å². The smallest absolute Gasteiger partial charge is 0.0900 e. The number of hydrogen-bond acceptors (Lipinski definition) is 3. The van der Waals surface area contributed by atoms with Crippen molar-refractivity contribution in [1.29, 1.82) is 0 Å². The van der Waals surface area contributed by atoms with Crippen LogP contribution in [0.2, 0.25) is 0 Å². The highest BCUT2D eigenvalue weighted by Gasteiger charge is 2.26. The maximum atomic E-state index is 9.67. The van der Waals surface area contributed by atoms with E-state index in [2.05, 4.69) is 18.7 Å². The van der Waals surface area contributed by atoms with Gasteiger partial charge < -0.3 is 9.84 Å². The van der Waals surface area contributed by atoms with Crippen molar-refractivity contribution in [3.63, 3.8) is 0 Å².